The van der Waals surface area contributed by atoms with Gasteiger partial charge in [0.05, 0.1) is 15.2 Å². The Balaban J connectivity index is 1.26. The molecule has 2 aromatic rings. The number of aryl methyl sites for hydroxylation is 1. The molecule has 0 spiro atoms. The summed E-state index contributed by atoms with van der Waals surface area (Å²) in [5, 5.41) is 1.05. The van der Waals surface area contributed by atoms with Crippen LogP contribution in [0.3, 0.4) is 0 Å². The highest BCUT2D eigenvalue weighted by molar-refractivity contribution is 7.18. The number of para-hydroxylation sites is 1. The number of piperidine rings is 1. The van der Waals surface area contributed by atoms with Gasteiger partial charge < -0.3 is 9.80 Å². The number of aromatic nitrogens is 1. The molecule has 2 saturated heterocycles. The van der Waals surface area contributed by atoms with E-state index in [2.05, 4.69) is 16.0 Å². The lowest BCUT2D eigenvalue weighted by molar-refractivity contribution is -0.130. The standard InChI is InChI=1S/C21H27N3O2S/c1-15(25)23-11-8-16(9-12-23)17-10-13-24(14-17)21(26)7-6-20-22-18-4-2-3-5-19(18)27-20/h2-5,16-17H,6-14H2,1H3. The van der Waals surface area contributed by atoms with E-state index in [1.165, 1.54) is 4.70 Å². The lowest BCUT2D eigenvalue weighted by Crippen LogP contribution is -2.39. The first-order valence-corrected chi connectivity index (χ1v) is 10.8. The second-order valence-corrected chi connectivity index (χ2v) is 8.92. The van der Waals surface area contributed by atoms with Crippen LogP contribution < -0.4 is 0 Å². The maximum absolute atomic E-state index is 12.7. The van der Waals surface area contributed by atoms with Gasteiger partial charge in [-0.3, -0.25) is 9.59 Å². The molecule has 0 N–H and O–H groups in total. The second kappa shape index (κ2) is 7.97. The van der Waals surface area contributed by atoms with E-state index in [0.29, 0.717) is 18.3 Å². The number of fused-ring (bicyclic) bond motifs is 1. The Bertz CT molecular complexity index is 793. The number of hydrogen-bond acceptors (Lipinski definition) is 4. The molecule has 6 heteroatoms. The van der Waals surface area contributed by atoms with E-state index < -0.39 is 0 Å². The number of likely N-dealkylation sites (tertiary alicyclic amines) is 2. The Labute approximate surface area is 164 Å². The molecule has 3 heterocycles. The lowest BCUT2D eigenvalue weighted by Gasteiger charge is -2.34. The summed E-state index contributed by atoms with van der Waals surface area (Å²) in [4.78, 5) is 32.8. The van der Waals surface area contributed by atoms with Crippen molar-refractivity contribution in [3.8, 4) is 0 Å². The van der Waals surface area contributed by atoms with Gasteiger partial charge in [0, 0.05) is 45.9 Å². The number of thiazole rings is 1. The molecule has 2 fully saturated rings. The van der Waals surface area contributed by atoms with E-state index in [-0.39, 0.29) is 11.8 Å². The van der Waals surface area contributed by atoms with Crippen LogP contribution in [0.15, 0.2) is 24.3 Å². The molecule has 5 nitrogen and oxygen atoms in total. The van der Waals surface area contributed by atoms with E-state index in [1.807, 2.05) is 23.1 Å². The van der Waals surface area contributed by atoms with Crippen molar-refractivity contribution in [2.75, 3.05) is 26.2 Å². The Morgan fingerprint density at radius 2 is 1.78 bits per heavy atom. The van der Waals surface area contributed by atoms with Crippen LogP contribution in [0.4, 0.5) is 0 Å². The molecule has 2 aliphatic rings. The van der Waals surface area contributed by atoms with Gasteiger partial charge in [-0.1, -0.05) is 12.1 Å². The maximum atomic E-state index is 12.7. The van der Waals surface area contributed by atoms with E-state index in [0.717, 1.165) is 62.4 Å². The highest BCUT2D eigenvalue weighted by Gasteiger charge is 2.33. The normalized spacial score (nSPS) is 21.1. The van der Waals surface area contributed by atoms with Crippen LogP contribution in [0.2, 0.25) is 0 Å². The highest BCUT2D eigenvalue weighted by Crippen LogP contribution is 2.32. The largest absolute Gasteiger partial charge is 0.343 e. The first-order valence-electron chi connectivity index (χ1n) is 9.98. The van der Waals surface area contributed by atoms with E-state index in [1.54, 1.807) is 18.3 Å². The number of carbonyl (C=O) groups excluding carboxylic acids is 2. The monoisotopic (exact) mass is 385 g/mol. The van der Waals surface area contributed by atoms with Crippen molar-refractivity contribution in [3.63, 3.8) is 0 Å². The Morgan fingerprint density at radius 3 is 2.52 bits per heavy atom. The van der Waals surface area contributed by atoms with Gasteiger partial charge >= 0.3 is 0 Å². The molecule has 0 radical (unpaired) electrons. The minimum absolute atomic E-state index is 0.187. The van der Waals surface area contributed by atoms with Gasteiger partial charge in [-0.25, -0.2) is 4.98 Å². The van der Waals surface area contributed by atoms with Crippen molar-refractivity contribution in [2.45, 2.75) is 39.0 Å². The second-order valence-electron chi connectivity index (χ2n) is 7.81. The van der Waals surface area contributed by atoms with Crippen molar-refractivity contribution >= 4 is 33.4 Å². The highest BCUT2D eigenvalue weighted by atomic mass is 32.1. The van der Waals surface area contributed by atoms with E-state index in [9.17, 15) is 9.59 Å². The average molecular weight is 386 g/mol. The third kappa shape index (κ3) is 4.15. The van der Waals surface area contributed by atoms with Crippen LogP contribution in [-0.4, -0.2) is 52.8 Å². The van der Waals surface area contributed by atoms with Crippen molar-refractivity contribution in [1.82, 2.24) is 14.8 Å². The molecule has 2 amide bonds. The average Bonchev–Trinajstić information content (AvgIpc) is 3.33. The van der Waals surface area contributed by atoms with Crippen molar-refractivity contribution in [1.29, 1.82) is 0 Å². The van der Waals surface area contributed by atoms with Crippen molar-refractivity contribution in [3.05, 3.63) is 29.3 Å². The number of benzene rings is 1. The predicted molar refractivity (Wildman–Crippen MR) is 108 cm³/mol. The van der Waals surface area contributed by atoms with Crippen LogP contribution >= 0.6 is 11.3 Å². The topological polar surface area (TPSA) is 53.5 Å². The fourth-order valence-corrected chi connectivity index (χ4v) is 5.45. The van der Waals surface area contributed by atoms with Gasteiger partial charge in [0.15, 0.2) is 0 Å². The molecular formula is C21H27N3O2S. The van der Waals surface area contributed by atoms with Crippen molar-refractivity contribution < 1.29 is 9.59 Å². The Morgan fingerprint density at radius 1 is 1.07 bits per heavy atom. The summed E-state index contributed by atoms with van der Waals surface area (Å²) in [6, 6.07) is 8.14. The van der Waals surface area contributed by atoms with Gasteiger partial charge in [-0.15, -0.1) is 11.3 Å². The fraction of sp³-hybridized carbons (Fsp3) is 0.571. The first kappa shape index (κ1) is 18.4. The number of amides is 2. The zero-order chi connectivity index (χ0) is 18.8. The summed E-state index contributed by atoms with van der Waals surface area (Å²) < 4.78 is 1.19. The molecule has 0 saturated carbocycles. The lowest BCUT2D eigenvalue weighted by atomic mass is 9.84. The molecule has 1 aromatic heterocycles. The molecule has 0 aliphatic carbocycles. The summed E-state index contributed by atoms with van der Waals surface area (Å²) in [6.07, 6.45) is 4.55. The number of nitrogens with zero attached hydrogens (tertiary/aromatic N) is 3. The maximum Gasteiger partial charge on any atom is 0.222 e. The third-order valence-electron chi connectivity index (χ3n) is 6.12. The SMILES string of the molecule is CC(=O)N1CCC(C2CCN(C(=O)CCc3nc4ccccc4s3)C2)CC1. The molecule has 27 heavy (non-hydrogen) atoms. The molecule has 0 bridgehead atoms. The Hall–Kier alpha value is -1.95. The van der Waals surface area contributed by atoms with Crippen LogP contribution in [-0.2, 0) is 16.0 Å². The molecule has 2 aliphatic heterocycles. The summed E-state index contributed by atoms with van der Waals surface area (Å²) >= 11 is 1.69. The van der Waals surface area contributed by atoms with Gasteiger partial charge in [0.2, 0.25) is 11.8 Å². The number of hydrogen-bond donors (Lipinski definition) is 0. The molecule has 144 valence electrons. The minimum atomic E-state index is 0.187. The molecule has 1 unspecified atom stereocenters. The number of carbonyl (C=O) groups is 2. The molecule has 1 aromatic carbocycles. The molecular weight excluding hydrogens is 358 g/mol. The van der Waals surface area contributed by atoms with Crippen LogP contribution in [0.5, 0.6) is 0 Å². The van der Waals surface area contributed by atoms with E-state index in [4.69, 9.17) is 0 Å². The predicted octanol–water partition coefficient (Wildman–Crippen LogP) is 3.34. The molecule has 1 atom stereocenters. The summed E-state index contributed by atoms with van der Waals surface area (Å²) in [6.45, 7) is 5.19. The zero-order valence-electron chi connectivity index (χ0n) is 15.9. The first-order chi connectivity index (χ1) is 13.1. The fourth-order valence-electron chi connectivity index (χ4n) is 4.48. The van der Waals surface area contributed by atoms with Gasteiger partial charge in [0.1, 0.15) is 0 Å². The zero-order valence-corrected chi connectivity index (χ0v) is 16.7. The quantitative estimate of drug-likeness (QED) is 0.811. The van der Waals surface area contributed by atoms with Gasteiger partial charge in [-0.2, -0.15) is 0 Å². The third-order valence-corrected chi connectivity index (χ3v) is 7.22. The summed E-state index contributed by atoms with van der Waals surface area (Å²) in [5.74, 6) is 1.71. The minimum Gasteiger partial charge on any atom is -0.343 e. The number of rotatable bonds is 4. The summed E-state index contributed by atoms with van der Waals surface area (Å²) in [7, 11) is 0. The smallest absolute Gasteiger partial charge is 0.222 e. The van der Waals surface area contributed by atoms with Gasteiger partial charge in [0.25, 0.3) is 0 Å². The summed E-state index contributed by atoms with van der Waals surface area (Å²) in [5.41, 5.74) is 1.03. The molecule has 4 rings (SSSR count). The van der Waals surface area contributed by atoms with Crippen molar-refractivity contribution in [2.24, 2.45) is 11.8 Å². The van der Waals surface area contributed by atoms with Crippen LogP contribution in [0, 0.1) is 11.8 Å². The van der Waals surface area contributed by atoms with Crippen LogP contribution in [0.1, 0.15) is 37.6 Å². The Kier molecular flexibility index (Phi) is 5.43. The van der Waals surface area contributed by atoms with Gasteiger partial charge in [-0.05, 0) is 43.2 Å². The van der Waals surface area contributed by atoms with E-state index >= 15 is 0 Å². The van der Waals surface area contributed by atoms with Crippen LogP contribution in [0.25, 0.3) is 10.2 Å².